The fraction of sp³-hybridized carbons (Fsp3) is 0.120. The zero-order valence-corrected chi connectivity index (χ0v) is 17.6. The molecule has 1 heterocycles. The maximum atomic E-state index is 13.3. The standard InChI is InChI=1S/C25H21F2N3O2/c1-16-4-3-5-22(17(16)2)28-25(31)24-23(32-15-18-6-8-19(26)9-7-18)14-30(29-24)21-12-10-20(27)11-13-21/h3-14H,15H2,1-2H3,(H,28,31). The van der Waals surface area contributed by atoms with E-state index in [9.17, 15) is 13.6 Å². The van der Waals surface area contributed by atoms with Crippen molar-refractivity contribution in [2.24, 2.45) is 0 Å². The minimum absolute atomic E-state index is 0.0809. The van der Waals surface area contributed by atoms with E-state index >= 15 is 0 Å². The van der Waals surface area contributed by atoms with Crippen LogP contribution < -0.4 is 10.1 Å². The highest BCUT2D eigenvalue weighted by Gasteiger charge is 2.20. The van der Waals surface area contributed by atoms with E-state index < -0.39 is 5.91 Å². The summed E-state index contributed by atoms with van der Waals surface area (Å²) in [6.07, 6.45) is 1.56. The van der Waals surface area contributed by atoms with Gasteiger partial charge in [0.25, 0.3) is 5.91 Å². The number of carbonyl (C=O) groups is 1. The molecule has 0 radical (unpaired) electrons. The number of hydrogen-bond acceptors (Lipinski definition) is 3. The van der Waals surface area contributed by atoms with E-state index in [0.717, 1.165) is 16.7 Å². The zero-order chi connectivity index (χ0) is 22.7. The summed E-state index contributed by atoms with van der Waals surface area (Å²) in [4.78, 5) is 13.1. The molecule has 32 heavy (non-hydrogen) atoms. The van der Waals surface area contributed by atoms with Crippen LogP contribution in [0, 0.1) is 25.5 Å². The first-order chi connectivity index (χ1) is 15.4. The molecule has 0 fully saturated rings. The van der Waals surface area contributed by atoms with Gasteiger partial charge in [0.2, 0.25) is 0 Å². The summed E-state index contributed by atoms with van der Waals surface area (Å²) in [7, 11) is 0. The summed E-state index contributed by atoms with van der Waals surface area (Å²) < 4.78 is 33.8. The lowest BCUT2D eigenvalue weighted by Gasteiger charge is -2.10. The SMILES string of the molecule is Cc1cccc(NC(=O)c2nn(-c3ccc(F)cc3)cc2OCc2ccc(F)cc2)c1C. The molecule has 1 aromatic heterocycles. The molecule has 4 aromatic rings. The molecule has 5 nitrogen and oxygen atoms in total. The molecule has 162 valence electrons. The fourth-order valence-corrected chi connectivity index (χ4v) is 3.16. The lowest BCUT2D eigenvalue weighted by atomic mass is 10.1. The normalized spacial score (nSPS) is 10.8. The predicted octanol–water partition coefficient (Wildman–Crippen LogP) is 5.60. The number of carbonyl (C=O) groups excluding carboxylic acids is 1. The number of aryl methyl sites for hydroxylation is 1. The lowest BCUT2D eigenvalue weighted by molar-refractivity contribution is 0.101. The Morgan fingerprint density at radius 2 is 1.62 bits per heavy atom. The van der Waals surface area contributed by atoms with Crippen molar-refractivity contribution >= 4 is 11.6 Å². The first kappa shape index (κ1) is 21.2. The monoisotopic (exact) mass is 433 g/mol. The third kappa shape index (κ3) is 4.67. The average molecular weight is 433 g/mol. The largest absolute Gasteiger partial charge is 0.485 e. The molecule has 0 atom stereocenters. The van der Waals surface area contributed by atoms with Gasteiger partial charge < -0.3 is 10.1 Å². The van der Waals surface area contributed by atoms with Crippen molar-refractivity contribution in [1.29, 1.82) is 0 Å². The van der Waals surface area contributed by atoms with E-state index in [1.165, 1.54) is 28.9 Å². The van der Waals surface area contributed by atoms with Crippen molar-refractivity contribution in [3.63, 3.8) is 0 Å². The van der Waals surface area contributed by atoms with Crippen molar-refractivity contribution in [3.05, 3.63) is 107 Å². The van der Waals surface area contributed by atoms with Crippen molar-refractivity contribution in [3.8, 4) is 11.4 Å². The van der Waals surface area contributed by atoms with Crippen molar-refractivity contribution in [2.75, 3.05) is 5.32 Å². The molecular formula is C25H21F2N3O2. The second-order valence-electron chi connectivity index (χ2n) is 7.38. The molecule has 0 unspecified atom stereocenters. The van der Waals surface area contributed by atoms with Crippen LogP contribution in [-0.2, 0) is 6.61 Å². The molecular weight excluding hydrogens is 412 g/mol. The first-order valence-electron chi connectivity index (χ1n) is 10.0. The maximum Gasteiger partial charge on any atom is 0.280 e. The summed E-state index contributed by atoms with van der Waals surface area (Å²) in [6.45, 7) is 4.01. The van der Waals surface area contributed by atoms with Crippen molar-refractivity contribution < 1.29 is 18.3 Å². The topological polar surface area (TPSA) is 56.2 Å². The van der Waals surface area contributed by atoms with Gasteiger partial charge in [-0.3, -0.25) is 4.79 Å². The minimum atomic E-state index is -0.436. The van der Waals surface area contributed by atoms with Gasteiger partial charge in [-0.05, 0) is 73.0 Å². The molecule has 0 spiro atoms. The molecule has 0 aliphatic heterocycles. The molecule has 0 saturated heterocycles. The van der Waals surface area contributed by atoms with Crippen LogP contribution in [0.5, 0.6) is 5.75 Å². The van der Waals surface area contributed by atoms with Crippen LogP contribution in [0.25, 0.3) is 5.69 Å². The third-order valence-electron chi connectivity index (χ3n) is 5.15. The highest BCUT2D eigenvalue weighted by Crippen LogP contribution is 2.24. The Bertz CT molecular complexity index is 1250. The Morgan fingerprint density at radius 3 is 2.31 bits per heavy atom. The Hall–Kier alpha value is -4.00. The smallest absolute Gasteiger partial charge is 0.280 e. The Morgan fingerprint density at radius 1 is 0.969 bits per heavy atom. The Kier molecular flexibility index (Phi) is 5.98. The van der Waals surface area contributed by atoms with Crippen molar-refractivity contribution in [1.82, 2.24) is 9.78 Å². The van der Waals surface area contributed by atoms with E-state index in [1.54, 1.807) is 30.5 Å². The van der Waals surface area contributed by atoms with Gasteiger partial charge in [0.1, 0.15) is 18.2 Å². The van der Waals surface area contributed by atoms with Gasteiger partial charge in [-0.1, -0.05) is 24.3 Å². The van der Waals surface area contributed by atoms with Crippen LogP contribution in [0.4, 0.5) is 14.5 Å². The number of ether oxygens (including phenoxy) is 1. The van der Waals surface area contributed by atoms with Gasteiger partial charge in [0, 0.05) is 5.69 Å². The molecule has 0 saturated carbocycles. The zero-order valence-electron chi connectivity index (χ0n) is 17.6. The highest BCUT2D eigenvalue weighted by molar-refractivity contribution is 6.05. The molecule has 7 heteroatoms. The number of aromatic nitrogens is 2. The highest BCUT2D eigenvalue weighted by atomic mass is 19.1. The van der Waals surface area contributed by atoms with Gasteiger partial charge >= 0.3 is 0 Å². The number of halogens is 2. The van der Waals surface area contributed by atoms with Gasteiger partial charge in [-0.15, -0.1) is 0 Å². The summed E-state index contributed by atoms with van der Waals surface area (Å²) in [5, 5.41) is 7.26. The van der Waals surface area contributed by atoms with Gasteiger partial charge in [0.05, 0.1) is 11.9 Å². The fourth-order valence-electron chi connectivity index (χ4n) is 3.16. The van der Waals surface area contributed by atoms with Crippen LogP contribution in [0.1, 0.15) is 27.2 Å². The predicted molar refractivity (Wildman–Crippen MR) is 118 cm³/mol. The number of amides is 1. The van der Waals surface area contributed by atoms with Crippen LogP contribution in [-0.4, -0.2) is 15.7 Å². The first-order valence-corrected chi connectivity index (χ1v) is 10.0. The van der Waals surface area contributed by atoms with Crippen LogP contribution in [0.2, 0.25) is 0 Å². The van der Waals surface area contributed by atoms with Crippen molar-refractivity contribution in [2.45, 2.75) is 20.5 Å². The summed E-state index contributed by atoms with van der Waals surface area (Å²) in [6, 6.07) is 17.3. The molecule has 1 amide bonds. The average Bonchev–Trinajstić information content (AvgIpc) is 3.21. The quantitative estimate of drug-likeness (QED) is 0.431. The second kappa shape index (κ2) is 9.01. The van der Waals surface area contributed by atoms with E-state index in [4.69, 9.17) is 4.74 Å². The number of nitrogens with one attached hydrogen (secondary N) is 1. The van der Waals surface area contributed by atoms with Crippen LogP contribution in [0.15, 0.2) is 72.9 Å². The lowest BCUT2D eigenvalue weighted by Crippen LogP contribution is -2.15. The van der Waals surface area contributed by atoms with E-state index in [1.807, 2.05) is 32.0 Å². The molecule has 1 N–H and O–H groups in total. The van der Waals surface area contributed by atoms with Gasteiger partial charge in [0.15, 0.2) is 11.4 Å². The van der Waals surface area contributed by atoms with E-state index in [0.29, 0.717) is 11.4 Å². The van der Waals surface area contributed by atoms with E-state index in [-0.39, 0.29) is 29.7 Å². The third-order valence-corrected chi connectivity index (χ3v) is 5.15. The second-order valence-corrected chi connectivity index (χ2v) is 7.38. The summed E-state index contributed by atoms with van der Waals surface area (Å²) in [5.74, 6) is -0.900. The van der Waals surface area contributed by atoms with Crippen LogP contribution >= 0.6 is 0 Å². The molecule has 0 aliphatic carbocycles. The van der Waals surface area contributed by atoms with E-state index in [2.05, 4.69) is 10.4 Å². The summed E-state index contributed by atoms with van der Waals surface area (Å²) >= 11 is 0. The Labute approximate surface area is 184 Å². The van der Waals surface area contributed by atoms with Gasteiger partial charge in [-0.25, -0.2) is 13.5 Å². The molecule has 0 bridgehead atoms. The molecule has 3 aromatic carbocycles. The maximum absolute atomic E-state index is 13.3. The summed E-state index contributed by atoms with van der Waals surface area (Å²) in [5.41, 5.74) is 4.07. The number of anilines is 1. The molecule has 4 rings (SSSR count). The minimum Gasteiger partial charge on any atom is -0.485 e. The van der Waals surface area contributed by atoms with Gasteiger partial charge in [-0.2, -0.15) is 5.10 Å². The number of benzene rings is 3. The van der Waals surface area contributed by atoms with Crippen LogP contribution in [0.3, 0.4) is 0 Å². The molecule has 0 aliphatic rings. The Balaban J connectivity index is 1.64. The number of rotatable bonds is 6. The number of hydrogen-bond donors (Lipinski definition) is 1. The number of nitrogens with zero attached hydrogens (tertiary/aromatic N) is 2.